The van der Waals surface area contributed by atoms with Gasteiger partial charge in [0.05, 0.1) is 5.92 Å². The Balaban J connectivity index is 2.97. The molecule has 0 unspecified atom stereocenters. The van der Waals surface area contributed by atoms with Crippen molar-refractivity contribution < 1.29 is 14.7 Å². The second kappa shape index (κ2) is 4.98. The summed E-state index contributed by atoms with van der Waals surface area (Å²) in [4.78, 5) is 23.2. The van der Waals surface area contributed by atoms with E-state index < -0.39 is 17.3 Å². The molecular weight excluding hydrogens is 204 g/mol. The van der Waals surface area contributed by atoms with E-state index in [1.54, 1.807) is 6.92 Å². The Labute approximate surface area is 97.2 Å². The van der Waals surface area contributed by atoms with Gasteiger partial charge in [-0.25, -0.2) is 0 Å². The van der Waals surface area contributed by atoms with Crippen LogP contribution in [0.2, 0.25) is 0 Å². The SMILES string of the molecule is CC(=O)C1([C@@H](CC(C)C)C(=O)O)CCCC1. The minimum atomic E-state index is -0.800. The standard InChI is InChI=1S/C13H22O3/c1-9(2)8-11(12(15)16)13(10(3)14)6-4-5-7-13/h9,11H,4-8H2,1-3H3,(H,15,16)/t11-/m0/s1. The van der Waals surface area contributed by atoms with Gasteiger partial charge in [-0.15, -0.1) is 0 Å². The molecule has 1 atom stereocenters. The van der Waals surface area contributed by atoms with Crippen LogP contribution in [0, 0.1) is 17.3 Å². The maximum Gasteiger partial charge on any atom is 0.307 e. The van der Waals surface area contributed by atoms with Gasteiger partial charge in [0.25, 0.3) is 0 Å². The van der Waals surface area contributed by atoms with Crippen LogP contribution in [0.5, 0.6) is 0 Å². The van der Waals surface area contributed by atoms with E-state index in [9.17, 15) is 14.7 Å². The van der Waals surface area contributed by atoms with Crippen LogP contribution < -0.4 is 0 Å². The van der Waals surface area contributed by atoms with E-state index >= 15 is 0 Å². The molecule has 0 saturated heterocycles. The van der Waals surface area contributed by atoms with Crippen molar-refractivity contribution in [2.45, 2.75) is 52.9 Å². The van der Waals surface area contributed by atoms with Gasteiger partial charge in [-0.2, -0.15) is 0 Å². The third kappa shape index (κ3) is 2.45. The van der Waals surface area contributed by atoms with Crippen molar-refractivity contribution in [1.82, 2.24) is 0 Å². The van der Waals surface area contributed by atoms with Gasteiger partial charge < -0.3 is 5.11 Å². The van der Waals surface area contributed by atoms with Crippen LogP contribution in [0.4, 0.5) is 0 Å². The Morgan fingerprint density at radius 3 is 2.06 bits per heavy atom. The molecule has 0 amide bonds. The number of Topliss-reactive ketones (excluding diaryl/α,β-unsaturated/α-hetero) is 1. The van der Waals surface area contributed by atoms with Gasteiger partial charge in [0, 0.05) is 5.41 Å². The minimum Gasteiger partial charge on any atom is -0.481 e. The number of ketones is 1. The Kier molecular flexibility index (Phi) is 4.11. The fourth-order valence-corrected chi connectivity index (χ4v) is 2.99. The molecule has 3 nitrogen and oxygen atoms in total. The van der Waals surface area contributed by atoms with E-state index in [0.29, 0.717) is 12.3 Å². The van der Waals surface area contributed by atoms with Crippen LogP contribution in [0.15, 0.2) is 0 Å². The van der Waals surface area contributed by atoms with Gasteiger partial charge in [0.2, 0.25) is 0 Å². The predicted molar refractivity (Wildman–Crippen MR) is 62.2 cm³/mol. The van der Waals surface area contributed by atoms with Crippen LogP contribution in [-0.2, 0) is 9.59 Å². The topological polar surface area (TPSA) is 54.4 Å². The Bertz CT molecular complexity index is 275. The molecule has 3 heteroatoms. The lowest BCUT2D eigenvalue weighted by Gasteiger charge is -2.33. The van der Waals surface area contributed by atoms with Crippen LogP contribution in [0.25, 0.3) is 0 Å². The fourth-order valence-electron chi connectivity index (χ4n) is 2.99. The average molecular weight is 226 g/mol. The number of carbonyl (C=O) groups excluding carboxylic acids is 1. The Morgan fingerprint density at radius 2 is 1.75 bits per heavy atom. The van der Waals surface area contributed by atoms with E-state index in [-0.39, 0.29) is 5.78 Å². The molecule has 0 spiro atoms. The summed E-state index contributed by atoms with van der Waals surface area (Å²) in [5, 5.41) is 9.34. The fraction of sp³-hybridized carbons (Fsp3) is 0.846. The van der Waals surface area contributed by atoms with Crippen molar-refractivity contribution in [3.63, 3.8) is 0 Å². The number of rotatable bonds is 5. The highest BCUT2D eigenvalue weighted by Gasteiger charge is 2.48. The normalized spacial score (nSPS) is 21.0. The first-order chi connectivity index (χ1) is 7.40. The molecular formula is C13H22O3. The minimum absolute atomic E-state index is 0.0676. The zero-order chi connectivity index (χ0) is 12.3. The van der Waals surface area contributed by atoms with Gasteiger partial charge in [0.1, 0.15) is 5.78 Å². The molecule has 0 aliphatic heterocycles. The molecule has 0 aromatic carbocycles. The number of hydrogen-bond donors (Lipinski definition) is 1. The molecule has 16 heavy (non-hydrogen) atoms. The number of aliphatic carboxylic acids is 1. The number of carboxylic acid groups (broad SMARTS) is 1. The molecule has 0 aromatic heterocycles. The summed E-state index contributed by atoms with van der Waals surface area (Å²) in [6.07, 6.45) is 4.09. The highest BCUT2D eigenvalue weighted by molar-refractivity contribution is 5.88. The van der Waals surface area contributed by atoms with Gasteiger partial charge >= 0.3 is 5.97 Å². The summed E-state index contributed by atoms with van der Waals surface area (Å²) < 4.78 is 0. The summed E-state index contributed by atoms with van der Waals surface area (Å²) >= 11 is 0. The number of hydrogen-bond acceptors (Lipinski definition) is 2. The third-order valence-corrected chi connectivity index (χ3v) is 3.87. The molecule has 1 N–H and O–H groups in total. The van der Waals surface area contributed by atoms with Crippen LogP contribution in [0.1, 0.15) is 52.9 Å². The van der Waals surface area contributed by atoms with E-state index in [1.165, 1.54) is 0 Å². The van der Waals surface area contributed by atoms with E-state index in [0.717, 1.165) is 25.7 Å². The molecule has 0 bridgehead atoms. The molecule has 1 fully saturated rings. The first-order valence-corrected chi connectivity index (χ1v) is 6.14. The molecule has 92 valence electrons. The molecule has 1 rings (SSSR count). The Hall–Kier alpha value is -0.860. The lowest BCUT2D eigenvalue weighted by Crippen LogP contribution is -2.40. The average Bonchev–Trinajstić information content (AvgIpc) is 2.63. The van der Waals surface area contributed by atoms with Crippen LogP contribution >= 0.6 is 0 Å². The first-order valence-electron chi connectivity index (χ1n) is 6.14. The number of carboxylic acids is 1. The summed E-state index contributed by atoms with van der Waals surface area (Å²) in [5.74, 6) is -0.908. The first kappa shape index (κ1) is 13.2. The predicted octanol–water partition coefficient (Wildman–Crippen LogP) is 2.88. The zero-order valence-corrected chi connectivity index (χ0v) is 10.5. The van der Waals surface area contributed by atoms with Crippen molar-refractivity contribution in [2.24, 2.45) is 17.3 Å². The van der Waals surface area contributed by atoms with E-state index in [1.807, 2.05) is 13.8 Å². The Morgan fingerprint density at radius 1 is 1.25 bits per heavy atom. The van der Waals surface area contributed by atoms with Crippen molar-refractivity contribution >= 4 is 11.8 Å². The van der Waals surface area contributed by atoms with Crippen molar-refractivity contribution in [2.75, 3.05) is 0 Å². The molecule has 0 radical (unpaired) electrons. The van der Waals surface area contributed by atoms with E-state index in [4.69, 9.17) is 0 Å². The largest absolute Gasteiger partial charge is 0.481 e. The molecule has 1 aliphatic rings. The molecule has 0 aromatic rings. The van der Waals surface area contributed by atoms with E-state index in [2.05, 4.69) is 0 Å². The van der Waals surface area contributed by atoms with Gasteiger partial charge in [-0.1, -0.05) is 26.7 Å². The summed E-state index contributed by atoms with van der Waals surface area (Å²) in [6, 6.07) is 0. The smallest absolute Gasteiger partial charge is 0.307 e. The highest BCUT2D eigenvalue weighted by Crippen LogP contribution is 2.47. The van der Waals surface area contributed by atoms with Gasteiger partial charge in [-0.3, -0.25) is 9.59 Å². The maximum absolute atomic E-state index is 11.8. The number of carbonyl (C=O) groups is 2. The van der Waals surface area contributed by atoms with Gasteiger partial charge in [0.15, 0.2) is 0 Å². The monoisotopic (exact) mass is 226 g/mol. The van der Waals surface area contributed by atoms with Crippen LogP contribution in [-0.4, -0.2) is 16.9 Å². The molecule has 0 heterocycles. The van der Waals surface area contributed by atoms with Crippen molar-refractivity contribution in [3.05, 3.63) is 0 Å². The highest BCUT2D eigenvalue weighted by atomic mass is 16.4. The zero-order valence-electron chi connectivity index (χ0n) is 10.5. The molecule has 1 saturated carbocycles. The quantitative estimate of drug-likeness (QED) is 0.784. The lowest BCUT2D eigenvalue weighted by atomic mass is 9.68. The van der Waals surface area contributed by atoms with Crippen molar-refractivity contribution in [1.29, 1.82) is 0 Å². The molecule has 1 aliphatic carbocycles. The third-order valence-electron chi connectivity index (χ3n) is 3.87. The lowest BCUT2D eigenvalue weighted by molar-refractivity contribution is -0.152. The summed E-state index contributed by atoms with van der Waals surface area (Å²) in [6.45, 7) is 5.58. The summed E-state index contributed by atoms with van der Waals surface area (Å²) in [5.41, 5.74) is -0.573. The van der Waals surface area contributed by atoms with Crippen molar-refractivity contribution in [3.8, 4) is 0 Å². The maximum atomic E-state index is 11.8. The second-order valence-electron chi connectivity index (χ2n) is 5.44. The van der Waals surface area contributed by atoms with Crippen LogP contribution in [0.3, 0.4) is 0 Å². The second-order valence-corrected chi connectivity index (χ2v) is 5.44. The summed E-state index contributed by atoms with van der Waals surface area (Å²) in [7, 11) is 0. The van der Waals surface area contributed by atoms with Gasteiger partial charge in [-0.05, 0) is 32.1 Å².